The van der Waals surface area contributed by atoms with Gasteiger partial charge in [-0.2, -0.15) is 0 Å². The molecule has 1 aromatic carbocycles. The summed E-state index contributed by atoms with van der Waals surface area (Å²) in [5, 5.41) is 17.4. The summed E-state index contributed by atoms with van der Waals surface area (Å²) in [4.78, 5) is 13.0. The number of carbonyl (C=O) groups is 1. The van der Waals surface area contributed by atoms with Crippen molar-refractivity contribution in [2.45, 2.75) is 49.7 Å². The van der Waals surface area contributed by atoms with Crippen molar-refractivity contribution in [3.63, 3.8) is 0 Å². The highest BCUT2D eigenvalue weighted by molar-refractivity contribution is 6.00. The molecule has 0 aromatic heterocycles. The third kappa shape index (κ3) is 2.73. The monoisotopic (exact) mass is 326 g/mol. The van der Waals surface area contributed by atoms with Crippen LogP contribution >= 0.6 is 0 Å². The number of carbonyl (C=O) groups excluding carboxylic acids is 1. The number of hydrogen-bond acceptors (Lipinski definition) is 3. The van der Waals surface area contributed by atoms with Crippen molar-refractivity contribution in [2.24, 2.45) is 11.8 Å². The number of hydrogen-bond donors (Lipinski definition) is 3. The molecule has 4 aliphatic rings. The van der Waals surface area contributed by atoms with Crippen LogP contribution in [0.2, 0.25) is 0 Å². The van der Waals surface area contributed by atoms with Crippen LogP contribution in [-0.2, 0) is 0 Å². The molecule has 4 nitrogen and oxygen atoms in total. The predicted molar refractivity (Wildman–Crippen MR) is 95.0 cm³/mol. The second-order valence-corrected chi connectivity index (χ2v) is 8.13. The van der Waals surface area contributed by atoms with Crippen molar-refractivity contribution >= 4 is 11.6 Å². The average Bonchev–Trinajstić information content (AvgIpc) is 2.50. The van der Waals surface area contributed by atoms with Crippen LogP contribution in [-0.4, -0.2) is 28.7 Å². The van der Waals surface area contributed by atoms with Gasteiger partial charge in [-0.05, 0) is 62.5 Å². The lowest BCUT2D eigenvalue weighted by molar-refractivity contribution is -0.139. The van der Waals surface area contributed by atoms with Crippen molar-refractivity contribution in [2.75, 3.05) is 11.9 Å². The Morgan fingerprint density at radius 3 is 2.62 bits per heavy atom. The van der Waals surface area contributed by atoms with Gasteiger partial charge in [0.25, 0.3) is 5.91 Å². The van der Waals surface area contributed by atoms with E-state index >= 15 is 0 Å². The lowest BCUT2D eigenvalue weighted by atomic mass is 9.51. The standard InChI is InChI=1S/C20H26N2O2/c1-2-7-21-17-6-4-3-5-16(17)18(23)22-19-9-14-8-15(10-19)12-20(24,11-14)13-19/h2-6,14-15,21,24H,1,7-13H2,(H,22,23)/t14-,15+,19?,20?. The van der Waals surface area contributed by atoms with Gasteiger partial charge in [0.15, 0.2) is 0 Å². The van der Waals surface area contributed by atoms with Crippen LogP contribution in [0, 0.1) is 11.8 Å². The zero-order valence-corrected chi connectivity index (χ0v) is 14.1. The minimum absolute atomic E-state index is 0.0345. The Morgan fingerprint density at radius 1 is 1.25 bits per heavy atom. The minimum Gasteiger partial charge on any atom is -0.390 e. The van der Waals surface area contributed by atoms with Crippen molar-refractivity contribution in [1.29, 1.82) is 0 Å². The van der Waals surface area contributed by atoms with Gasteiger partial charge in [-0.25, -0.2) is 0 Å². The van der Waals surface area contributed by atoms with E-state index in [1.54, 1.807) is 6.08 Å². The molecule has 4 aliphatic carbocycles. The summed E-state index contributed by atoms with van der Waals surface area (Å²) in [5.74, 6) is 1.09. The first-order valence-corrected chi connectivity index (χ1v) is 9.00. The Hall–Kier alpha value is -1.81. The van der Waals surface area contributed by atoms with Crippen LogP contribution in [0.5, 0.6) is 0 Å². The van der Waals surface area contributed by atoms with Crippen LogP contribution < -0.4 is 10.6 Å². The van der Waals surface area contributed by atoms with Crippen LogP contribution in [0.15, 0.2) is 36.9 Å². The SMILES string of the molecule is C=CCNc1ccccc1C(=O)NC12C[C@@H]3C[C@@H](CC(O)(C3)C1)C2. The molecule has 128 valence electrons. The van der Waals surface area contributed by atoms with E-state index in [9.17, 15) is 9.90 Å². The zero-order chi connectivity index (χ0) is 16.8. The van der Waals surface area contributed by atoms with Gasteiger partial charge in [0.05, 0.1) is 11.2 Å². The molecule has 4 saturated carbocycles. The highest BCUT2D eigenvalue weighted by atomic mass is 16.3. The molecule has 4 heteroatoms. The van der Waals surface area contributed by atoms with E-state index in [2.05, 4.69) is 17.2 Å². The number of aliphatic hydroxyl groups is 1. The number of benzene rings is 1. The lowest BCUT2D eigenvalue weighted by Crippen LogP contribution is -2.65. The summed E-state index contributed by atoms with van der Waals surface area (Å²) in [7, 11) is 0. The maximum atomic E-state index is 13.0. The van der Waals surface area contributed by atoms with Gasteiger partial charge >= 0.3 is 0 Å². The number of rotatable bonds is 5. The van der Waals surface area contributed by atoms with E-state index in [0.29, 0.717) is 30.4 Å². The Morgan fingerprint density at radius 2 is 1.96 bits per heavy atom. The summed E-state index contributed by atoms with van der Waals surface area (Å²) < 4.78 is 0. The summed E-state index contributed by atoms with van der Waals surface area (Å²) in [6, 6.07) is 7.60. The number of para-hydroxylation sites is 1. The van der Waals surface area contributed by atoms with E-state index in [4.69, 9.17) is 0 Å². The van der Waals surface area contributed by atoms with Gasteiger partial charge in [-0.15, -0.1) is 6.58 Å². The summed E-state index contributed by atoms with van der Waals surface area (Å²) >= 11 is 0. The van der Waals surface area contributed by atoms with Gasteiger partial charge in [0, 0.05) is 17.8 Å². The molecule has 1 aromatic rings. The van der Waals surface area contributed by atoms with Crippen molar-refractivity contribution < 1.29 is 9.90 Å². The van der Waals surface area contributed by atoms with Gasteiger partial charge < -0.3 is 15.7 Å². The second kappa shape index (κ2) is 5.62. The van der Waals surface area contributed by atoms with Gasteiger partial charge in [0.1, 0.15) is 0 Å². The van der Waals surface area contributed by atoms with E-state index < -0.39 is 5.60 Å². The highest BCUT2D eigenvalue weighted by Crippen LogP contribution is 2.57. The van der Waals surface area contributed by atoms with Gasteiger partial charge in [-0.3, -0.25) is 4.79 Å². The Labute approximate surface area is 143 Å². The molecule has 4 fully saturated rings. The number of anilines is 1. The Kier molecular flexibility index (Phi) is 3.68. The van der Waals surface area contributed by atoms with Crippen molar-refractivity contribution in [1.82, 2.24) is 5.32 Å². The largest absolute Gasteiger partial charge is 0.390 e. The average molecular weight is 326 g/mol. The molecule has 0 radical (unpaired) electrons. The fraction of sp³-hybridized carbons (Fsp3) is 0.550. The number of nitrogens with one attached hydrogen (secondary N) is 2. The molecule has 0 aliphatic heterocycles. The third-order valence-electron chi connectivity index (χ3n) is 6.02. The maximum Gasteiger partial charge on any atom is 0.253 e. The molecule has 1 amide bonds. The molecule has 24 heavy (non-hydrogen) atoms. The first-order valence-electron chi connectivity index (χ1n) is 9.00. The van der Waals surface area contributed by atoms with E-state index in [-0.39, 0.29) is 11.4 Å². The van der Waals surface area contributed by atoms with E-state index in [0.717, 1.165) is 31.4 Å². The van der Waals surface area contributed by atoms with E-state index in [1.807, 2.05) is 24.3 Å². The third-order valence-corrected chi connectivity index (χ3v) is 6.02. The fourth-order valence-electron chi connectivity index (χ4n) is 5.69. The summed E-state index contributed by atoms with van der Waals surface area (Å²) in [5.41, 5.74) is 0.722. The van der Waals surface area contributed by atoms with E-state index in [1.165, 1.54) is 6.42 Å². The molecule has 0 saturated heterocycles. The van der Waals surface area contributed by atoms with Gasteiger partial charge in [-0.1, -0.05) is 18.2 Å². The predicted octanol–water partition coefficient (Wildman–Crippen LogP) is 3.10. The van der Waals surface area contributed by atoms with Crippen LogP contribution in [0.25, 0.3) is 0 Å². The molecule has 2 unspecified atom stereocenters. The molecular weight excluding hydrogens is 300 g/mol. The zero-order valence-electron chi connectivity index (χ0n) is 14.1. The highest BCUT2D eigenvalue weighted by Gasteiger charge is 2.57. The Balaban J connectivity index is 1.55. The normalized spacial score (nSPS) is 36.4. The molecule has 4 bridgehead atoms. The summed E-state index contributed by atoms with van der Waals surface area (Å²) in [6.45, 7) is 4.34. The molecule has 3 N–H and O–H groups in total. The molecule has 0 heterocycles. The van der Waals surface area contributed by atoms with Crippen LogP contribution in [0.3, 0.4) is 0 Å². The molecule has 5 rings (SSSR count). The molecular formula is C20H26N2O2. The topological polar surface area (TPSA) is 61.4 Å². The lowest BCUT2D eigenvalue weighted by Gasteiger charge is -2.60. The molecule has 4 atom stereocenters. The van der Waals surface area contributed by atoms with Crippen molar-refractivity contribution in [3.8, 4) is 0 Å². The Bertz CT molecular complexity index is 655. The second-order valence-electron chi connectivity index (χ2n) is 8.13. The van der Waals surface area contributed by atoms with Crippen molar-refractivity contribution in [3.05, 3.63) is 42.5 Å². The van der Waals surface area contributed by atoms with Gasteiger partial charge in [0.2, 0.25) is 0 Å². The number of amides is 1. The summed E-state index contributed by atoms with van der Waals surface area (Å²) in [6.07, 6.45) is 7.57. The molecule has 0 spiro atoms. The minimum atomic E-state index is -0.558. The maximum absolute atomic E-state index is 13.0. The smallest absolute Gasteiger partial charge is 0.253 e. The van der Waals surface area contributed by atoms with Crippen LogP contribution in [0.1, 0.15) is 48.9 Å². The quantitative estimate of drug-likeness (QED) is 0.729. The van der Waals surface area contributed by atoms with Crippen LogP contribution in [0.4, 0.5) is 5.69 Å². The fourth-order valence-corrected chi connectivity index (χ4v) is 5.69. The first-order chi connectivity index (χ1) is 11.5. The first kappa shape index (κ1) is 15.7.